The molecule has 1 aromatic heterocycles. The average Bonchev–Trinajstić information content (AvgIpc) is 3.16. The molecular weight excluding hydrogens is 336 g/mol. The Morgan fingerprint density at radius 3 is 2.44 bits per heavy atom. The molecule has 0 spiro atoms. The second-order valence-electron chi connectivity index (χ2n) is 6.91. The van der Waals surface area contributed by atoms with Crippen molar-refractivity contribution < 1.29 is 4.79 Å². The maximum atomic E-state index is 12.9. The molecule has 1 fully saturated rings. The van der Waals surface area contributed by atoms with Crippen molar-refractivity contribution in [3.05, 3.63) is 84.2 Å². The summed E-state index contributed by atoms with van der Waals surface area (Å²) in [5, 5.41) is 4.22. The minimum Gasteiger partial charge on any atom is -0.337 e. The lowest BCUT2D eigenvalue weighted by Crippen LogP contribution is -2.35. The van der Waals surface area contributed by atoms with E-state index in [9.17, 15) is 4.79 Å². The van der Waals surface area contributed by atoms with Crippen LogP contribution in [0.3, 0.4) is 0 Å². The van der Waals surface area contributed by atoms with Gasteiger partial charge in [0.05, 0.1) is 5.69 Å². The Bertz CT molecular complexity index is 859. The van der Waals surface area contributed by atoms with Crippen LogP contribution in [0.2, 0.25) is 0 Å². The summed E-state index contributed by atoms with van der Waals surface area (Å²) in [6.45, 7) is 4.46. The summed E-state index contributed by atoms with van der Waals surface area (Å²) in [7, 11) is 0. The fourth-order valence-corrected chi connectivity index (χ4v) is 3.53. The zero-order chi connectivity index (χ0) is 18.5. The molecule has 1 aliphatic rings. The number of aromatic nitrogens is 2. The van der Waals surface area contributed by atoms with Crippen LogP contribution in [-0.2, 0) is 6.54 Å². The number of carbonyl (C=O) groups is 1. The quantitative estimate of drug-likeness (QED) is 0.717. The lowest BCUT2D eigenvalue weighted by molar-refractivity contribution is 0.0761. The lowest BCUT2D eigenvalue weighted by Gasteiger charge is -2.22. The molecule has 0 N–H and O–H groups in total. The van der Waals surface area contributed by atoms with E-state index >= 15 is 0 Å². The van der Waals surface area contributed by atoms with Gasteiger partial charge in [0, 0.05) is 50.7 Å². The van der Waals surface area contributed by atoms with Crippen molar-refractivity contribution in [3.8, 4) is 5.69 Å². The van der Waals surface area contributed by atoms with Gasteiger partial charge in [0.1, 0.15) is 0 Å². The van der Waals surface area contributed by atoms with Crippen LogP contribution >= 0.6 is 0 Å². The molecule has 138 valence electrons. The molecular formula is C22H24N4O. The van der Waals surface area contributed by atoms with Gasteiger partial charge in [-0.2, -0.15) is 5.10 Å². The molecule has 1 aliphatic heterocycles. The SMILES string of the molecule is O=C(c1ccc(-n2cccn2)cc1)N1CCCN(Cc2ccccc2)CC1. The topological polar surface area (TPSA) is 41.4 Å². The van der Waals surface area contributed by atoms with Gasteiger partial charge in [-0.3, -0.25) is 9.69 Å². The van der Waals surface area contributed by atoms with Gasteiger partial charge in [-0.05, 0) is 42.3 Å². The third kappa shape index (κ3) is 4.26. The molecule has 0 saturated carbocycles. The third-order valence-corrected chi connectivity index (χ3v) is 5.01. The smallest absolute Gasteiger partial charge is 0.253 e. The number of hydrogen-bond acceptors (Lipinski definition) is 3. The van der Waals surface area contributed by atoms with Gasteiger partial charge in [0.25, 0.3) is 5.91 Å². The van der Waals surface area contributed by atoms with Gasteiger partial charge >= 0.3 is 0 Å². The predicted molar refractivity (Wildman–Crippen MR) is 106 cm³/mol. The van der Waals surface area contributed by atoms with Crippen LogP contribution in [0.5, 0.6) is 0 Å². The first kappa shape index (κ1) is 17.5. The van der Waals surface area contributed by atoms with Crippen LogP contribution in [0.15, 0.2) is 73.1 Å². The van der Waals surface area contributed by atoms with E-state index in [2.05, 4.69) is 34.3 Å². The largest absolute Gasteiger partial charge is 0.337 e. The number of rotatable bonds is 4. The summed E-state index contributed by atoms with van der Waals surface area (Å²) >= 11 is 0. The van der Waals surface area contributed by atoms with Crippen LogP contribution in [0, 0.1) is 0 Å². The van der Waals surface area contributed by atoms with Crippen LogP contribution in [-0.4, -0.2) is 51.7 Å². The van der Waals surface area contributed by atoms with E-state index in [0.29, 0.717) is 0 Å². The van der Waals surface area contributed by atoms with Crippen molar-refractivity contribution in [2.45, 2.75) is 13.0 Å². The van der Waals surface area contributed by atoms with E-state index in [1.807, 2.05) is 47.5 Å². The van der Waals surface area contributed by atoms with Crippen molar-refractivity contribution in [2.24, 2.45) is 0 Å². The van der Waals surface area contributed by atoms with E-state index < -0.39 is 0 Å². The Hall–Kier alpha value is -2.92. The highest BCUT2D eigenvalue weighted by Crippen LogP contribution is 2.14. The van der Waals surface area contributed by atoms with Gasteiger partial charge in [-0.1, -0.05) is 30.3 Å². The maximum absolute atomic E-state index is 12.9. The number of amides is 1. The zero-order valence-corrected chi connectivity index (χ0v) is 15.4. The Morgan fingerprint density at radius 2 is 1.70 bits per heavy atom. The van der Waals surface area contributed by atoms with E-state index in [1.165, 1.54) is 5.56 Å². The molecule has 4 rings (SSSR count). The molecule has 0 atom stereocenters. The Morgan fingerprint density at radius 1 is 0.889 bits per heavy atom. The van der Waals surface area contributed by atoms with Crippen LogP contribution in [0.25, 0.3) is 5.69 Å². The summed E-state index contributed by atoms with van der Waals surface area (Å²) in [6, 6.07) is 20.1. The monoisotopic (exact) mass is 360 g/mol. The van der Waals surface area contributed by atoms with Crippen LogP contribution in [0.1, 0.15) is 22.3 Å². The van der Waals surface area contributed by atoms with E-state index in [1.54, 1.807) is 10.9 Å². The Balaban J connectivity index is 1.38. The van der Waals surface area contributed by atoms with E-state index in [0.717, 1.165) is 50.4 Å². The third-order valence-electron chi connectivity index (χ3n) is 5.01. The fraction of sp³-hybridized carbons (Fsp3) is 0.273. The molecule has 5 heteroatoms. The standard InChI is InChI=1S/C22H24N4O/c27-22(20-8-10-21(11-9-20)26-15-4-12-23-26)25-14-5-13-24(16-17-25)18-19-6-2-1-3-7-19/h1-4,6-12,15H,5,13-14,16-18H2. The molecule has 27 heavy (non-hydrogen) atoms. The first-order valence-corrected chi connectivity index (χ1v) is 9.45. The highest BCUT2D eigenvalue weighted by Gasteiger charge is 2.20. The highest BCUT2D eigenvalue weighted by molar-refractivity contribution is 5.94. The van der Waals surface area contributed by atoms with Gasteiger partial charge in [0.2, 0.25) is 0 Å². The van der Waals surface area contributed by atoms with Crippen molar-refractivity contribution in [1.82, 2.24) is 19.6 Å². The van der Waals surface area contributed by atoms with E-state index in [4.69, 9.17) is 0 Å². The minimum absolute atomic E-state index is 0.114. The minimum atomic E-state index is 0.114. The molecule has 0 bridgehead atoms. The Kier molecular flexibility index (Phi) is 5.30. The molecule has 0 radical (unpaired) electrons. The predicted octanol–water partition coefficient (Wildman–Crippen LogP) is 3.22. The molecule has 3 aromatic rings. The average molecular weight is 360 g/mol. The molecule has 1 amide bonds. The Labute approximate surface area is 159 Å². The number of nitrogens with zero attached hydrogens (tertiary/aromatic N) is 4. The first-order chi connectivity index (χ1) is 13.3. The van der Waals surface area contributed by atoms with Crippen LogP contribution < -0.4 is 0 Å². The van der Waals surface area contributed by atoms with Crippen LogP contribution in [0.4, 0.5) is 0 Å². The van der Waals surface area contributed by atoms with Crippen molar-refractivity contribution in [2.75, 3.05) is 26.2 Å². The molecule has 5 nitrogen and oxygen atoms in total. The second-order valence-corrected chi connectivity index (χ2v) is 6.91. The molecule has 0 unspecified atom stereocenters. The van der Waals surface area contributed by atoms with Gasteiger partial charge in [-0.25, -0.2) is 4.68 Å². The summed E-state index contributed by atoms with van der Waals surface area (Å²) in [4.78, 5) is 17.3. The van der Waals surface area contributed by atoms with Gasteiger partial charge < -0.3 is 4.90 Å². The summed E-state index contributed by atoms with van der Waals surface area (Å²) in [5.74, 6) is 0.114. The molecule has 1 saturated heterocycles. The fourth-order valence-electron chi connectivity index (χ4n) is 3.53. The maximum Gasteiger partial charge on any atom is 0.253 e. The van der Waals surface area contributed by atoms with Crippen molar-refractivity contribution >= 4 is 5.91 Å². The zero-order valence-electron chi connectivity index (χ0n) is 15.4. The molecule has 0 aliphatic carbocycles. The van der Waals surface area contributed by atoms with Gasteiger partial charge in [0.15, 0.2) is 0 Å². The molecule has 2 aromatic carbocycles. The molecule has 2 heterocycles. The number of carbonyl (C=O) groups excluding carboxylic acids is 1. The van der Waals surface area contributed by atoms with Crippen molar-refractivity contribution in [3.63, 3.8) is 0 Å². The number of hydrogen-bond donors (Lipinski definition) is 0. The van der Waals surface area contributed by atoms with E-state index in [-0.39, 0.29) is 5.91 Å². The normalized spacial score (nSPS) is 15.5. The lowest BCUT2D eigenvalue weighted by atomic mass is 10.1. The number of benzene rings is 2. The van der Waals surface area contributed by atoms with Crippen molar-refractivity contribution in [1.29, 1.82) is 0 Å². The summed E-state index contributed by atoms with van der Waals surface area (Å²) < 4.78 is 1.79. The highest BCUT2D eigenvalue weighted by atomic mass is 16.2. The summed E-state index contributed by atoms with van der Waals surface area (Å²) in [6.07, 6.45) is 4.65. The first-order valence-electron chi connectivity index (χ1n) is 9.45. The second kappa shape index (κ2) is 8.18. The summed E-state index contributed by atoms with van der Waals surface area (Å²) in [5.41, 5.74) is 3.02. The van der Waals surface area contributed by atoms with Gasteiger partial charge in [-0.15, -0.1) is 0 Å².